The number of benzene rings is 2. The van der Waals surface area contributed by atoms with E-state index in [0.29, 0.717) is 16.9 Å². The number of fused-ring (bicyclic) bond motifs is 1. The Labute approximate surface area is 172 Å². The second-order valence-corrected chi connectivity index (χ2v) is 8.34. The molecule has 28 heavy (non-hydrogen) atoms. The number of nitrogens with zero attached hydrogens (tertiary/aromatic N) is 1. The van der Waals surface area contributed by atoms with E-state index in [9.17, 15) is 9.59 Å². The molecule has 142 valence electrons. The molecule has 0 unspecified atom stereocenters. The van der Waals surface area contributed by atoms with Crippen LogP contribution in [0.5, 0.6) is 0 Å². The number of ketones is 1. The van der Waals surface area contributed by atoms with Gasteiger partial charge in [0.2, 0.25) is 0 Å². The Morgan fingerprint density at radius 2 is 1.96 bits per heavy atom. The summed E-state index contributed by atoms with van der Waals surface area (Å²) in [5.41, 5.74) is 6.41. The third kappa shape index (κ3) is 4.34. The first-order chi connectivity index (χ1) is 13.7. The molecule has 0 saturated carbocycles. The van der Waals surface area contributed by atoms with Crippen LogP contribution in [-0.2, 0) is 23.3 Å². The molecule has 0 atom stereocenters. The number of carbonyl (C=O) groups excluding carboxylic acids is 2. The monoisotopic (exact) mass is 409 g/mol. The summed E-state index contributed by atoms with van der Waals surface area (Å²) in [6.45, 7) is -0.247. The van der Waals surface area contributed by atoms with Gasteiger partial charge in [-0.2, -0.15) is 0 Å². The number of thioether (sulfide) groups is 1. The average molecular weight is 410 g/mol. The second-order valence-electron chi connectivity index (χ2n) is 6.60. The van der Waals surface area contributed by atoms with E-state index < -0.39 is 5.97 Å². The highest BCUT2D eigenvalue weighted by atomic mass is 32.2. The van der Waals surface area contributed by atoms with E-state index in [1.807, 2.05) is 35.7 Å². The van der Waals surface area contributed by atoms with Gasteiger partial charge in [-0.25, -0.2) is 9.78 Å². The number of Topliss-reactive ketones (excluding diaryl/α,β-unsaturated/α-hetero) is 1. The molecule has 2 aromatic carbocycles. The lowest BCUT2D eigenvalue weighted by molar-refractivity contribution is 0.0471. The van der Waals surface area contributed by atoms with Crippen LogP contribution in [0.25, 0.3) is 0 Å². The van der Waals surface area contributed by atoms with Gasteiger partial charge in [0.1, 0.15) is 0 Å². The van der Waals surface area contributed by atoms with Crippen molar-refractivity contribution >= 4 is 34.9 Å². The van der Waals surface area contributed by atoms with E-state index in [1.54, 1.807) is 29.0 Å². The molecule has 0 N–H and O–H groups in total. The molecule has 0 fully saturated rings. The van der Waals surface area contributed by atoms with Crippen LogP contribution in [0.1, 0.15) is 44.0 Å². The molecule has 4 nitrogen and oxygen atoms in total. The Balaban J connectivity index is 1.39. The van der Waals surface area contributed by atoms with Crippen molar-refractivity contribution in [2.75, 3.05) is 6.61 Å². The molecule has 0 amide bonds. The summed E-state index contributed by atoms with van der Waals surface area (Å²) in [5, 5.41) is 1.99. The summed E-state index contributed by atoms with van der Waals surface area (Å²) in [4.78, 5) is 30.1. The maximum atomic E-state index is 12.5. The number of hydrogen-bond acceptors (Lipinski definition) is 6. The fourth-order valence-corrected chi connectivity index (χ4v) is 4.87. The van der Waals surface area contributed by atoms with E-state index in [2.05, 4.69) is 4.98 Å². The molecule has 4 rings (SSSR count). The summed E-state index contributed by atoms with van der Waals surface area (Å²) in [6.07, 6.45) is 3.23. The number of aromatic nitrogens is 1. The van der Waals surface area contributed by atoms with Gasteiger partial charge in [-0.05, 0) is 48.6 Å². The van der Waals surface area contributed by atoms with Gasteiger partial charge < -0.3 is 4.74 Å². The summed E-state index contributed by atoms with van der Waals surface area (Å²) < 4.78 is 5.33. The van der Waals surface area contributed by atoms with E-state index in [4.69, 9.17) is 4.74 Å². The van der Waals surface area contributed by atoms with Crippen LogP contribution in [0.3, 0.4) is 0 Å². The van der Waals surface area contributed by atoms with Gasteiger partial charge in [0, 0.05) is 21.6 Å². The van der Waals surface area contributed by atoms with Crippen LogP contribution in [0, 0.1) is 0 Å². The molecule has 0 radical (unpaired) electrons. The molecule has 6 heteroatoms. The lowest BCUT2D eigenvalue weighted by Gasteiger charge is -2.09. The standard InChI is InChI=1S/C22H19NO3S2/c24-20(17-9-8-15-4-3-5-16(15)10-17)11-26-22(25)19-6-1-2-7-21(19)28-13-18-12-27-14-23-18/h1-2,6-10,12,14H,3-5,11,13H2. The van der Waals surface area contributed by atoms with Crippen molar-refractivity contribution in [3.05, 3.63) is 81.3 Å². The van der Waals surface area contributed by atoms with Crippen molar-refractivity contribution in [1.82, 2.24) is 4.98 Å². The van der Waals surface area contributed by atoms with Gasteiger partial charge in [-0.15, -0.1) is 23.1 Å². The second kappa shape index (κ2) is 8.71. The Morgan fingerprint density at radius 1 is 1.11 bits per heavy atom. The minimum atomic E-state index is -0.476. The van der Waals surface area contributed by atoms with Crippen LogP contribution in [0.2, 0.25) is 0 Å². The van der Waals surface area contributed by atoms with E-state index in [-0.39, 0.29) is 12.4 Å². The normalized spacial score (nSPS) is 12.6. The average Bonchev–Trinajstić information content (AvgIpc) is 3.41. The number of aryl methyl sites for hydroxylation is 2. The largest absolute Gasteiger partial charge is 0.454 e. The zero-order valence-electron chi connectivity index (χ0n) is 15.2. The van der Waals surface area contributed by atoms with Crippen molar-refractivity contribution in [3.8, 4) is 0 Å². The van der Waals surface area contributed by atoms with Crippen LogP contribution in [0.4, 0.5) is 0 Å². The van der Waals surface area contributed by atoms with Crippen molar-refractivity contribution in [3.63, 3.8) is 0 Å². The number of hydrogen-bond donors (Lipinski definition) is 0. The van der Waals surface area contributed by atoms with E-state index in [0.717, 1.165) is 29.9 Å². The maximum Gasteiger partial charge on any atom is 0.339 e. The Hall–Kier alpha value is -2.44. The summed E-state index contributed by atoms with van der Waals surface area (Å²) in [7, 11) is 0. The van der Waals surface area contributed by atoms with E-state index >= 15 is 0 Å². The molecule has 3 aromatic rings. The highest BCUT2D eigenvalue weighted by molar-refractivity contribution is 7.98. The highest BCUT2D eigenvalue weighted by Gasteiger charge is 2.17. The molecule has 1 aromatic heterocycles. The third-order valence-corrected chi connectivity index (χ3v) is 6.46. The topological polar surface area (TPSA) is 56.3 Å². The SMILES string of the molecule is O=C(COC(=O)c1ccccc1SCc1cscn1)c1ccc2c(c1)CCC2. The number of carbonyl (C=O) groups is 2. The molecule has 0 bridgehead atoms. The number of thiazole rings is 1. The van der Waals surface area contributed by atoms with Crippen LogP contribution >= 0.6 is 23.1 Å². The predicted molar refractivity (Wildman–Crippen MR) is 111 cm³/mol. The Kier molecular flexibility index (Phi) is 5.88. The summed E-state index contributed by atoms with van der Waals surface area (Å²) >= 11 is 3.08. The fourth-order valence-electron chi connectivity index (χ4n) is 3.26. The first-order valence-electron chi connectivity index (χ1n) is 9.12. The third-order valence-electron chi connectivity index (χ3n) is 4.72. The lowest BCUT2D eigenvalue weighted by Crippen LogP contribution is -2.15. The highest BCUT2D eigenvalue weighted by Crippen LogP contribution is 2.27. The molecule has 0 spiro atoms. The minimum Gasteiger partial charge on any atom is -0.454 e. The molecule has 0 saturated heterocycles. The maximum absolute atomic E-state index is 12.5. The van der Waals surface area contributed by atoms with Crippen molar-refractivity contribution in [1.29, 1.82) is 0 Å². The van der Waals surface area contributed by atoms with Gasteiger partial charge in [-0.1, -0.05) is 24.3 Å². The van der Waals surface area contributed by atoms with Crippen LogP contribution in [-0.4, -0.2) is 23.3 Å². The van der Waals surface area contributed by atoms with Crippen molar-refractivity contribution in [2.45, 2.75) is 29.9 Å². The smallest absolute Gasteiger partial charge is 0.339 e. The molecule has 1 heterocycles. The van der Waals surface area contributed by atoms with Crippen LogP contribution < -0.4 is 0 Å². The van der Waals surface area contributed by atoms with Crippen LogP contribution in [0.15, 0.2) is 58.3 Å². The first-order valence-corrected chi connectivity index (χ1v) is 11.0. The summed E-state index contributed by atoms with van der Waals surface area (Å²) in [5.74, 6) is 0.0357. The predicted octanol–water partition coefficient (Wildman–Crippen LogP) is 4.96. The van der Waals surface area contributed by atoms with E-state index in [1.165, 1.54) is 22.9 Å². The van der Waals surface area contributed by atoms with Gasteiger partial charge in [-0.3, -0.25) is 4.79 Å². The quantitative estimate of drug-likeness (QED) is 0.313. The van der Waals surface area contributed by atoms with Gasteiger partial charge in [0.25, 0.3) is 0 Å². The number of esters is 1. The van der Waals surface area contributed by atoms with Gasteiger partial charge in [0.15, 0.2) is 12.4 Å². The fraction of sp³-hybridized carbons (Fsp3) is 0.227. The molecule has 1 aliphatic carbocycles. The van der Waals surface area contributed by atoms with Crippen molar-refractivity contribution in [2.24, 2.45) is 0 Å². The molecule has 0 aliphatic heterocycles. The number of ether oxygens (including phenoxy) is 1. The molecule has 1 aliphatic rings. The molecular formula is C22H19NO3S2. The van der Waals surface area contributed by atoms with Crippen molar-refractivity contribution < 1.29 is 14.3 Å². The zero-order chi connectivity index (χ0) is 19.3. The lowest BCUT2D eigenvalue weighted by atomic mass is 10.0. The molecular weight excluding hydrogens is 390 g/mol. The van der Waals surface area contributed by atoms with Gasteiger partial charge in [0.05, 0.1) is 16.8 Å². The Morgan fingerprint density at radius 3 is 2.82 bits per heavy atom. The Bertz CT molecular complexity index is 999. The zero-order valence-corrected chi connectivity index (χ0v) is 16.9. The number of rotatable bonds is 7. The summed E-state index contributed by atoms with van der Waals surface area (Å²) in [6, 6.07) is 13.1. The minimum absolute atomic E-state index is 0.171. The van der Waals surface area contributed by atoms with Gasteiger partial charge >= 0.3 is 5.97 Å². The first kappa shape index (κ1) is 18.9.